The van der Waals surface area contributed by atoms with Gasteiger partial charge in [0.15, 0.2) is 0 Å². The molecule has 0 heterocycles. The molecule has 0 aliphatic carbocycles. The third-order valence-electron chi connectivity index (χ3n) is 2.93. The number of aliphatic carboxylic acids is 1. The number of carboxylic acid groups (broad SMARTS) is 1. The van der Waals surface area contributed by atoms with Gasteiger partial charge in [-0.2, -0.15) is 0 Å². The molecule has 1 N–H and O–H groups in total. The Morgan fingerprint density at radius 1 is 1.16 bits per heavy atom. The summed E-state index contributed by atoms with van der Waals surface area (Å²) < 4.78 is 14.6. The molecule has 1 unspecified atom stereocenters. The molecule has 0 radical (unpaired) electrons. The first-order valence-electron chi connectivity index (χ1n) is 5.79. The maximum absolute atomic E-state index is 13.7. The molecule has 2 nitrogen and oxygen atoms in total. The van der Waals surface area contributed by atoms with E-state index in [2.05, 4.69) is 15.9 Å². The molecule has 0 bridgehead atoms. The molecule has 2 aromatic carbocycles. The molecule has 0 fully saturated rings. The molecular formula is C15H12BrFO2. The van der Waals surface area contributed by atoms with Crippen LogP contribution < -0.4 is 0 Å². The topological polar surface area (TPSA) is 37.3 Å². The summed E-state index contributed by atoms with van der Waals surface area (Å²) in [4.78, 5) is 11.3. The first kappa shape index (κ1) is 13.7. The number of rotatable bonds is 4. The minimum atomic E-state index is -1.02. The van der Waals surface area contributed by atoms with E-state index in [1.165, 1.54) is 12.1 Å². The van der Waals surface area contributed by atoms with Crippen molar-refractivity contribution in [2.75, 3.05) is 0 Å². The normalized spacial score (nSPS) is 12.1. The monoisotopic (exact) mass is 322 g/mol. The van der Waals surface area contributed by atoms with Gasteiger partial charge in [-0.1, -0.05) is 46.3 Å². The lowest BCUT2D eigenvalue weighted by Crippen LogP contribution is -2.15. The van der Waals surface area contributed by atoms with Crippen molar-refractivity contribution in [3.05, 3.63) is 69.9 Å². The van der Waals surface area contributed by atoms with E-state index in [4.69, 9.17) is 0 Å². The zero-order valence-electron chi connectivity index (χ0n) is 10.0. The Morgan fingerprint density at radius 3 is 2.37 bits per heavy atom. The number of carbonyl (C=O) groups is 1. The lowest BCUT2D eigenvalue weighted by atomic mass is 9.92. The molecule has 1 atom stereocenters. The quantitative estimate of drug-likeness (QED) is 0.923. The Morgan fingerprint density at radius 2 is 1.79 bits per heavy atom. The zero-order chi connectivity index (χ0) is 13.8. The maximum Gasteiger partial charge on any atom is 0.311 e. The fourth-order valence-electron chi connectivity index (χ4n) is 1.94. The molecule has 19 heavy (non-hydrogen) atoms. The fraction of sp³-hybridized carbons (Fsp3) is 0.133. The molecule has 0 amide bonds. The summed E-state index contributed by atoms with van der Waals surface area (Å²) in [5.74, 6) is -2.37. The van der Waals surface area contributed by atoms with Gasteiger partial charge < -0.3 is 5.11 Å². The van der Waals surface area contributed by atoms with E-state index in [9.17, 15) is 14.3 Å². The van der Waals surface area contributed by atoms with Crippen LogP contribution in [0, 0.1) is 5.82 Å². The van der Waals surface area contributed by atoms with Crippen LogP contribution in [0.15, 0.2) is 53.0 Å². The van der Waals surface area contributed by atoms with Crippen molar-refractivity contribution in [2.45, 2.75) is 12.3 Å². The van der Waals surface area contributed by atoms with Gasteiger partial charge in [0.05, 0.1) is 5.92 Å². The Bertz CT molecular complexity index is 581. The third kappa shape index (κ3) is 3.41. The Hall–Kier alpha value is -1.68. The van der Waals surface area contributed by atoms with Gasteiger partial charge in [0, 0.05) is 10.0 Å². The van der Waals surface area contributed by atoms with Crippen molar-refractivity contribution >= 4 is 21.9 Å². The molecule has 2 aromatic rings. The minimum absolute atomic E-state index is 0.220. The lowest BCUT2D eigenvalue weighted by molar-refractivity contribution is -0.138. The van der Waals surface area contributed by atoms with Crippen LogP contribution in [0.25, 0.3) is 0 Å². The van der Waals surface area contributed by atoms with Crippen molar-refractivity contribution in [2.24, 2.45) is 0 Å². The number of halogens is 2. The lowest BCUT2D eigenvalue weighted by Gasteiger charge is -2.13. The first-order valence-corrected chi connectivity index (χ1v) is 6.59. The van der Waals surface area contributed by atoms with Gasteiger partial charge in [-0.15, -0.1) is 0 Å². The van der Waals surface area contributed by atoms with E-state index in [1.54, 1.807) is 12.1 Å². The van der Waals surface area contributed by atoms with Crippen LogP contribution in [0.4, 0.5) is 4.39 Å². The summed E-state index contributed by atoms with van der Waals surface area (Å²) in [7, 11) is 0. The Kier molecular flexibility index (Phi) is 4.32. The molecule has 0 saturated carbocycles. The van der Waals surface area contributed by atoms with E-state index >= 15 is 0 Å². The molecule has 0 saturated heterocycles. The Balaban J connectivity index is 2.29. The third-order valence-corrected chi connectivity index (χ3v) is 3.46. The second-order valence-electron chi connectivity index (χ2n) is 4.24. The van der Waals surface area contributed by atoms with E-state index in [0.717, 1.165) is 10.0 Å². The smallest absolute Gasteiger partial charge is 0.311 e. The van der Waals surface area contributed by atoms with E-state index in [-0.39, 0.29) is 12.0 Å². The molecule has 4 heteroatoms. The highest BCUT2D eigenvalue weighted by Crippen LogP contribution is 2.24. The van der Waals surface area contributed by atoms with Crippen LogP contribution in [-0.2, 0) is 11.2 Å². The van der Waals surface area contributed by atoms with Crippen LogP contribution in [-0.4, -0.2) is 11.1 Å². The average molecular weight is 323 g/mol. The molecule has 98 valence electrons. The number of hydrogen-bond acceptors (Lipinski definition) is 1. The summed E-state index contributed by atoms with van der Waals surface area (Å²) in [5, 5.41) is 9.29. The summed E-state index contributed by atoms with van der Waals surface area (Å²) in [6.07, 6.45) is 0.267. The molecule has 2 rings (SSSR count). The molecule has 0 aromatic heterocycles. The van der Waals surface area contributed by atoms with Gasteiger partial charge in [-0.3, -0.25) is 4.79 Å². The average Bonchev–Trinajstić information content (AvgIpc) is 2.39. The van der Waals surface area contributed by atoms with Crippen LogP contribution in [0.1, 0.15) is 17.0 Å². The van der Waals surface area contributed by atoms with Gasteiger partial charge >= 0.3 is 5.97 Å². The molecule has 0 aliphatic heterocycles. The van der Waals surface area contributed by atoms with Gasteiger partial charge in [0.25, 0.3) is 0 Å². The predicted molar refractivity (Wildman–Crippen MR) is 74.6 cm³/mol. The zero-order valence-corrected chi connectivity index (χ0v) is 11.6. The molecule has 0 spiro atoms. The van der Waals surface area contributed by atoms with E-state index in [1.807, 2.05) is 24.3 Å². The van der Waals surface area contributed by atoms with E-state index < -0.39 is 17.7 Å². The highest BCUT2D eigenvalue weighted by molar-refractivity contribution is 9.10. The van der Waals surface area contributed by atoms with Crippen LogP contribution in [0.5, 0.6) is 0 Å². The van der Waals surface area contributed by atoms with Gasteiger partial charge in [-0.05, 0) is 30.2 Å². The van der Waals surface area contributed by atoms with Crippen molar-refractivity contribution in [3.8, 4) is 0 Å². The highest BCUT2D eigenvalue weighted by atomic mass is 79.9. The van der Waals surface area contributed by atoms with Crippen LogP contribution in [0.3, 0.4) is 0 Å². The number of carboxylic acids is 1. The van der Waals surface area contributed by atoms with Crippen molar-refractivity contribution in [1.29, 1.82) is 0 Å². The number of hydrogen-bond donors (Lipinski definition) is 1. The van der Waals surface area contributed by atoms with Crippen molar-refractivity contribution < 1.29 is 14.3 Å². The van der Waals surface area contributed by atoms with Gasteiger partial charge in [-0.25, -0.2) is 4.39 Å². The molecular weight excluding hydrogens is 311 g/mol. The largest absolute Gasteiger partial charge is 0.481 e. The van der Waals surface area contributed by atoms with E-state index in [0.29, 0.717) is 0 Å². The van der Waals surface area contributed by atoms with Crippen molar-refractivity contribution in [3.63, 3.8) is 0 Å². The Labute approximate surface area is 119 Å². The second kappa shape index (κ2) is 5.97. The summed E-state index contributed by atoms with van der Waals surface area (Å²) in [5.41, 5.74) is 1.08. The second-order valence-corrected chi connectivity index (χ2v) is 5.16. The van der Waals surface area contributed by atoms with Crippen LogP contribution >= 0.6 is 15.9 Å². The number of benzene rings is 2. The fourth-order valence-corrected chi connectivity index (χ4v) is 2.21. The van der Waals surface area contributed by atoms with Crippen molar-refractivity contribution in [1.82, 2.24) is 0 Å². The highest BCUT2D eigenvalue weighted by Gasteiger charge is 2.23. The van der Waals surface area contributed by atoms with Crippen LogP contribution in [0.2, 0.25) is 0 Å². The summed E-state index contributed by atoms with van der Waals surface area (Å²) >= 11 is 3.32. The standard InChI is InChI=1S/C15H12BrFO2/c16-11-7-5-10(6-8-11)9-13(15(18)19)12-3-1-2-4-14(12)17/h1-8,13H,9H2,(H,18,19). The summed E-state index contributed by atoms with van der Waals surface area (Å²) in [6, 6.07) is 13.4. The maximum atomic E-state index is 13.7. The van der Waals surface area contributed by atoms with Gasteiger partial charge in [0.2, 0.25) is 0 Å². The summed E-state index contributed by atoms with van der Waals surface area (Å²) in [6.45, 7) is 0. The predicted octanol–water partition coefficient (Wildman–Crippen LogP) is 4.00. The first-order chi connectivity index (χ1) is 9.08. The van der Waals surface area contributed by atoms with Gasteiger partial charge in [0.1, 0.15) is 5.82 Å². The molecule has 0 aliphatic rings. The SMILES string of the molecule is O=C(O)C(Cc1ccc(Br)cc1)c1ccccc1F. The minimum Gasteiger partial charge on any atom is -0.481 e.